The SMILES string of the molecule is Cc1ccc(C(C)C)c(OCC(=O)N(Cc2ccccc2)c2cccc([N+](=O)[O-])c2)c1. The first-order valence-corrected chi connectivity index (χ1v) is 10.2. The zero-order valence-corrected chi connectivity index (χ0v) is 17.9. The van der Waals surface area contributed by atoms with Crippen molar-refractivity contribution in [1.29, 1.82) is 0 Å². The Labute approximate surface area is 182 Å². The van der Waals surface area contributed by atoms with Gasteiger partial charge in [0.1, 0.15) is 5.75 Å². The number of nitro benzene ring substituents is 1. The standard InChI is InChI=1S/C25H26N2O4/c1-18(2)23-13-12-19(3)14-24(23)31-17-25(28)26(16-20-8-5-4-6-9-20)21-10-7-11-22(15-21)27(29)30/h4-15,18H,16-17H2,1-3H3. The molecule has 0 fully saturated rings. The number of non-ortho nitro benzene ring substituents is 1. The highest BCUT2D eigenvalue weighted by Crippen LogP contribution is 2.28. The molecular formula is C25H26N2O4. The van der Waals surface area contributed by atoms with Crippen molar-refractivity contribution in [2.75, 3.05) is 11.5 Å². The molecule has 0 aliphatic rings. The number of nitro groups is 1. The highest BCUT2D eigenvalue weighted by molar-refractivity contribution is 5.94. The molecule has 160 valence electrons. The number of rotatable bonds is 8. The summed E-state index contributed by atoms with van der Waals surface area (Å²) in [4.78, 5) is 25.5. The summed E-state index contributed by atoms with van der Waals surface area (Å²) in [6.45, 7) is 6.24. The Morgan fingerprint density at radius 2 is 1.77 bits per heavy atom. The number of hydrogen-bond acceptors (Lipinski definition) is 4. The summed E-state index contributed by atoms with van der Waals surface area (Å²) in [6.07, 6.45) is 0. The maximum Gasteiger partial charge on any atom is 0.271 e. The molecule has 0 unspecified atom stereocenters. The Morgan fingerprint density at radius 3 is 2.45 bits per heavy atom. The van der Waals surface area contributed by atoms with Crippen molar-refractivity contribution in [3.63, 3.8) is 0 Å². The number of carbonyl (C=O) groups is 1. The van der Waals surface area contributed by atoms with Crippen molar-refractivity contribution in [2.45, 2.75) is 33.2 Å². The highest BCUT2D eigenvalue weighted by atomic mass is 16.6. The fraction of sp³-hybridized carbons (Fsp3) is 0.240. The number of hydrogen-bond donors (Lipinski definition) is 0. The van der Waals surface area contributed by atoms with Crippen LogP contribution in [0.4, 0.5) is 11.4 Å². The molecule has 3 aromatic carbocycles. The van der Waals surface area contributed by atoms with Crippen LogP contribution < -0.4 is 9.64 Å². The molecule has 1 amide bonds. The quantitative estimate of drug-likeness (QED) is 0.351. The van der Waals surface area contributed by atoms with E-state index in [-0.39, 0.29) is 30.7 Å². The molecule has 3 aromatic rings. The van der Waals surface area contributed by atoms with E-state index in [9.17, 15) is 14.9 Å². The molecule has 0 aromatic heterocycles. The van der Waals surface area contributed by atoms with Crippen LogP contribution in [-0.4, -0.2) is 17.4 Å². The van der Waals surface area contributed by atoms with Crippen molar-refractivity contribution in [1.82, 2.24) is 0 Å². The van der Waals surface area contributed by atoms with Gasteiger partial charge >= 0.3 is 0 Å². The molecule has 0 aliphatic heterocycles. The smallest absolute Gasteiger partial charge is 0.271 e. The van der Waals surface area contributed by atoms with E-state index in [1.54, 1.807) is 12.1 Å². The van der Waals surface area contributed by atoms with Crippen molar-refractivity contribution in [3.8, 4) is 5.75 Å². The molecule has 0 saturated carbocycles. The Hall–Kier alpha value is -3.67. The Morgan fingerprint density at radius 1 is 1.03 bits per heavy atom. The number of ether oxygens (including phenoxy) is 1. The van der Waals surface area contributed by atoms with Gasteiger partial charge in [0.25, 0.3) is 11.6 Å². The van der Waals surface area contributed by atoms with Crippen LogP contribution in [0.3, 0.4) is 0 Å². The zero-order valence-electron chi connectivity index (χ0n) is 17.9. The third-order valence-electron chi connectivity index (χ3n) is 4.98. The second-order valence-corrected chi connectivity index (χ2v) is 7.73. The van der Waals surface area contributed by atoms with Crippen LogP contribution >= 0.6 is 0 Å². The van der Waals surface area contributed by atoms with Crippen LogP contribution in [0.5, 0.6) is 5.75 Å². The summed E-state index contributed by atoms with van der Waals surface area (Å²) >= 11 is 0. The fourth-order valence-corrected chi connectivity index (χ4v) is 3.32. The number of benzene rings is 3. The van der Waals surface area contributed by atoms with Gasteiger partial charge in [-0.15, -0.1) is 0 Å². The van der Waals surface area contributed by atoms with Gasteiger partial charge in [-0.3, -0.25) is 14.9 Å². The van der Waals surface area contributed by atoms with Gasteiger partial charge in [-0.05, 0) is 41.7 Å². The van der Waals surface area contributed by atoms with E-state index in [1.807, 2.05) is 55.5 Å². The maximum atomic E-state index is 13.2. The van der Waals surface area contributed by atoms with Crippen LogP contribution in [0.2, 0.25) is 0 Å². The van der Waals surface area contributed by atoms with E-state index in [1.165, 1.54) is 17.0 Å². The van der Waals surface area contributed by atoms with Crippen molar-refractivity contribution in [2.24, 2.45) is 0 Å². The largest absolute Gasteiger partial charge is 0.483 e. The molecule has 0 radical (unpaired) electrons. The minimum Gasteiger partial charge on any atom is -0.483 e. The average molecular weight is 418 g/mol. The second kappa shape index (κ2) is 9.89. The van der Waals surface area contributed by atoms with Crippen LogP contribution in [0.25, 0.3) is 0 Å². The lowest BCUT2D eigenvalue weighted by molar-refractivity contribution is -0.384. The predicted molar refractivity (Wildman–Crippen MR) is 121 cm³/mol. The Bertz CT molecular complexity index is 1060. The third-order valence-corrected chi connectivity index (χ3v) is 4.98. The molecule has 0 N–H and O–H groups in total. The van der Waals surface area contributed by atoms with E-state index in [4.69, 9.17) is 4.74 Å². The summed E-state index contributed by atoms with van der Waals surface area (Å²) in [5, 5.41) is 11.2. The minimum absolute atomic E-state index is 0.0648. The number of aryl methyl sites for hydroxylation is 1. The van der Waals surface area contributed by atoms with Crippen LogP contribution in [0.1, 0.15) is 36.5 Å². The van der Waals surface area contributed by atoms with Gasteiger partial charge in [-0.1, -0.05) is 62.4 Å². The first-order chi connectivity index (χ1) is 14.8. The van der Waals surface area contributed by atoms with E-state index < -0.39 is 4.92 Å². The maximum absolute atomic E-state index is 13.2. The van der Waals surface area contributed by atoms with Gasteiger partial charge in [-0.2, -0.15) is 0 Å². The number of amides is 1. The molecule has 3 rings (SSSR count). The summed E-state index contributed by atoms with van der Waals surface area (Å²) in [7, 11) is 0. The summed E-state index contributed by atoms with van der Waals surface area (Å²) in [5.41, 5.74) is 3.39. The molecule has 0 aliphatic carbocycles. The molecule has 6 heteroatoms. The summed E-state index contributed by atoms with van der Waals surface area (Å²) in [6, 6.07) is 21.6. The Balaban J connectivity index is 1.87. The van der Waals surface area contributed by atoms with Gasteiger partial charge in [0.2, 0.25) is 0 Å². The van der Waals surface area contributed by atoms with E-state index >= 15 is 0 Å². The average Bonchev–Trinajstić information content (AvgIpc) is 2.76. The second-order valence-electron chi connectivity index (χ2n) is 7.73. The van der Waals surface area contributed by atoms with E-state index in [0.717, 1.165) is 16.7 Å². The predicted octanol–water partition coefficient (Wildman–Crippen LogP) is 5.64. The van der Waals surface area contributed by atoms with Gasteiger partial charge in [-0.25, -0.2) is 0 Å². The van der Waals surface area contributed by atoms with E-state index in [0.29, 0.717) is 11.4 Å². The Kier molecular flexibility index (Phi) is 7.03. The number of carbonyl (C=O) groups excluding carboxylic acids is 1. The topological polar surface area (TPSA) is 72.7 Å². The normalized spacial score (nSPS) is 10.7. The lowest BCUT2D eigenvalue weighted by Crippen LogP contribution is -2.34. The molecule has 0 saturated heterocycles. The summed E-state index contributed by atoms with van der Waals surface area (Å²) in [5.74, 6) is 0.658. The number of nitrogens with zero attached hydrogens (tertiary/aromatic N) is 2. The molecule has 0 heterocycles. The van der Waals surface area contributed by atoms with E-state index in [2.05, 4.69) is 13.8 Å². The van der Waals surface area contributed by atoms with Crippen molar-refractivity contribution in [3.05, 3.63) is 99.6 Å². The molecule has 0 bridgehead atoms. The summed E-state index contributed by atoms with van der Waals surface area (Å²) < 4.78 is 5.93. The highest BCUT2D eigenvalue weighted by Gasteiger charge is 2.20. The van der Waals surface area contributed by atoms with Crippen molar-refractivity contribution < 1.29 is 14.5 Å². The van der Waals surface area contributed by atoms with Crippen LogP contribution in [0.15, 0.2) is 72.8 Å². The lowest BCUT2D eigenvalue weighted by atomic mass is 10.0. The van der Waals surface area contributed by atoms with Crippen LogP contribution in [-0.2, 0) is 11.3 Å². The van der Waals surface area contributed by atoms with Gasteiger partial charge in [0, 0.05) is 12.1 Å². The first-order valence-electron chi connectivity index (χ1n) is 10.2. The lowest BCUT2D eigenvalue weighted by Gasteiger charge is -2.24. The molecule has 6 nitrogen and oxygen atoms in total. The number of anilines is 1. The van der Waals surface area contributed by atoms with Gasteiger partial charge in [0.15, 0.2) is 6.61 Å². The van der Waals surface area contributed by atoms with Crippen LogP contribution in [0, 0.1) is 17.0 Å². The molecule has 0 spiro atoms. The molecule has 31 heavy (non-hydrogen) atoms. The van der Waals surface area contributed by atoms with Gasteiger partial charge in [0.05, 0.1) is 17.2 Å². The molecule has 0 atom stereocenters. The zero-order chi connectivity index (χ0) is 22.4. The monoisotopic (exact) mass is 418 g/mol. The molecular weight excluding hydrogens is 392 g/mol. The fourth-order valence-electron chi connectivity index (χ4n) is 3.32. The minimum atomic E-state index is -0.465. The van der Waals surface area contributed by atoms with Crippen molar-refractivity contribution >= 4 is 17.3 Å². The van der Waals surface area contributed by atoms with Gasteiger partial charge < -0.3 is 9.64 Å². The third kappa shape index (κ3) is 5.69. The first kappa shape index (κ1) is 22.0.